The van der Waals surface area contributed by atoms with Crippen molar-refractivity contribution in [1.29, 1.82) is 0 Å². The maximum absolute atomic E-state index is 10.6. The molecule has 3 nitrogen and oxygen atoms in total. The lowest BCUT2D eigenvalue weighted by atomic mass is 10.1. The van der Waals surface area contributed by atoms with E-state index in [9.17, 15) is 4.79 Å². The summed E-state index contributed by atoms with van der Waals surface area (Å²) in [6.45, 7) is 4.35. The summed E-state index contributed by atoms with van der Waals surface area (Å²) < 4.78 is 0. The second-order valence-corrected chi connectivity index (χ2v) is 3.61. The highest BCUT2D eigenvalue weighted by molar-refractivity contribution is 5.72. The van der Waals surface area contributed by atoms with Crippen LogP contribution in [0.25, 0.3) is 0 Å². The molecule has 0 amide bonds. The van der Waals surface area contributed by atoms with Crippen LogP contribution in [0.5, 0.6) is 0 Å². The molecular weight excluding hydrogens is 190 g/mol. The number of aliphatic carboxylic acids is 1. The average molecular weight is 207 g/mol. The Hall–Kier alpha value is -1.35. The normalized spacial score (nSPS) is 12.4. The van der Waals surface area contributed by atoms with Crippen molar-refractivity contribution >= 4 is 5.97 Å². The van der Waals surface area contributed by atoms with E-state index >= 15 is 0 Å². The van der Waals surface area contributed by atoms with E-state index in [0.29, 0.717) is 6.54 Å². The fourth-order valence-corrected chi connectivity index (χ4v) is 1.25. The predicted octanol–water partition coefficient (Wildman–Crippen LogP) is 1.81. The number of carbonyl (C=O) groups is 1. The van der Waals surface area contributed by atoms with Crippen LogP contribution in [0.3, 0.4) is 0 Å². The quantitative estimate of drug-likeness (QED) is 0.774. The van der Waals surface area contributed by atoms with Gasteiger partial charge in [-0.3, -0.25) is 4.79 Å². The Bertz CT molecular complexity index is 319. The summed E-state index contributed by atoms with van der Waals surface area (Å²) in [6.07, 6.45) is 1.03. The van der Waals surface area contributed by atoms with Gasteiger partial charge in [-0.1, -0.05) is 31.2 Å². The standard InChI is InChI=1S/C12H17NO2/c1-3-10-4-6-11(7-5-10)8-13-9(2)12(14)15/h4-7,9,13H,3,8H2,1-2H3,(H,14,15)/t9-/m0/s1. The molecule has 1 aromatic rings. The van der Waals surface area contributed by atoms with Crippen molar-refractivity contribution in [2.45, 2.75) is 32.9 Å². The third kappa shape index (κ3) is 3.72. The molecule has 3 heteroatoms. The molecular formula is C12H17NO2. The lowest BCUT2D eigenvalue weighted by molar-refractivity contribution is -0.139. The van der Waals surface area contributed by atoms with Gasteiger partial charge in [0.2, 0.25) is 0 Å². The molecule has 1 aromatic carbocycles. The molecule has 0 unspecified atom stereocenters. The Balaban J connectivity index is 2.47. The van der Waals surface area contributed by atoms with Gasteiger partial charge < -0.3 is 10.4 Å². The van der Waals surface area contributed by atoms with Gasteiger partial charge in [0.25, 0.3) is 0 Å². The zero-order valence-corrected chi connectivity index (χ0v) is 9.16. The van der Waals surface area contributed by atoms with Crippen LogP contribution in [0, 0.1) is 0 Å². The van der Waals surface area contributed by atoms with Gasteiger partial charge in [0.15, 0.2) is 0 Å². The fourth-order valence-electron chi connectivity index (χ4n) is 1.25. The zero-order chi connectivity index (χ0) is 11.3. The number of carboxylic acids is 1. The second kappa shape index (κ2) is 5.51. The number of hydrogen-bond acceptors (Lipinski definition) is 2. The lowest BCUT2D eigenvalue weighted by Gasteiger charge is -2.09. The van der Waals surface area contributed by atoms with Crippen LogP contribution < -0.4 is 5.32 Å². The molecule has 0 saturated carbocycles. The third-order valence-electron chi connectivity index (χ3n) is 2.41. The maximum atomic E-state index is 10.6. The number of benzene rings is 1. The van der Waals surface area contributed by atoms with Gasteiger partial charge in [0.1, 0.15) is 6.04 Å². The number of hydrogen-bond donors (Lipinski definition) is 2. The fraction of sp³-hybridized carbons (Fsp3) is 0.417. The lowest BCUT2D eigenvalue weighted by Crippen LogP contribution is -2.33. The highest BCUT2D eigenvalue weighted by atomic mass is 16.4. The first-order valence-corrected chi connectivity index (χ1v) is 5.17. The van der Waals surface area contributed by atoms with Gasteiger partial charge >= 0.3 is 5.97 Å². The van der Waals surface area contributed by atoms with E-state index in [0.717, 1.165) is 12.0 Å². The molecule has 82 valence electrons. The highest BCUT2D eigenvalue weighted by Crippen LogP contribution is 2.04. The largest absolute Gasteiger partial charge is 0.480 e. The molecule has 0 saturated heterocycles. The summed E-state index contributed by atoms with van der Waals surface area (Å²) in [6, 6.07) is 7.70. The van der Waals surface area contributed by atoms with Gasteiger partial charge in [-0.05, 0) is 24.5 Å². The Morgan fingerprint density at radius 2 is 1.87 bits per heavy atom. The summed E-state index contributed by atoms with van der Waals surface area (Å²) >= 11 is 0. The predicted molar refractivity (Wildman–Crippen MR) is 59.8 cm³/mol. The van der Waals surface area contributed by atoms with Crippen molar-refractivity contribution in [3.63, 3.8) is 0 Å². The molecule has 0 fully saturated rings. The smallest absolute Gasteiger partial charge is 0.320 e. The van der Waals surface area contributed by atoms with Crippen molar-refractivity contribution < 1.29 is 9.90 Å². The van der Waals surface area contributed by atoms with E-state index in [4.69, 9.17) is 5.11 Å². The minimum absolute atomic E-state index is 0.504. The van der Waals surface area contributed by atoms with E-state index in [1.807, 2.05) is 12.1 Å². The SMILES string of the molecule is CCc1ccc(CN[C@@H](C)C(=O)O)cc1. The van der Waals surface area contributed by atoms with Crippen molar-refractivity contribution in [2.75, 3.05) is 0 Å². The number of nitrogens with one attached hydrogen (secondary N) is 1. The molecule has 0 aliphatic rings. The van der Waals surface area contributed by atoms with Gasteiger partial charge in [0.05, 0.1) is 0 Å². The zero-order valence-electron chi connectivity index (χ0n) is 9.16. The summed E-state index contributed by atoms with van der Waals surface area (Å²) in [7, 11) is 0. The van der Waals surface area contributed by atoms with Crippen LogP contribution >= 0.6 is 0 Å². The third-order valence-corrected chi connectivity index (χ3v) is 2.41. The van der Waals surface area contributed by atoms with Gasteiger partial charge in [0, 0.05) is 6.54 Å². The number of carboxylic acid groups (broad SMARTS) is 1. The number of rotatable bonds is 5. The van der Waals surface area contributed by atoms with Crippen molar-refractivity contribution in [3.05, 3.63) is 35.4 Å². The summed E-state index contributed by atoms with van der Waals surface area (Å²) in [5.41, 5.74) is 2.41. The molecule has 15 heavy (non-hydrogen) atoms. The van der Waals surface area contributed by atoms with Gasteiger partial charge in [-0.15, -0.1) is 0 Å². The summed E-state index contributed by atoms with van der Waals surface area (Å²) in [4.78, 5) is 10.6. The van der Waals surface area contributed by atoms with Gasteiger partial charge in [-0.25, -0.2) is 0 Å². The highest BCUT2D eigenvalue weighted by Gasteiger charge is 2.08. The summed E-state index contributed by atoms with van der Waals surface area (Å²) in [5.74, 6) is -0.819. The molecule has 2 N–H and O–H groups in total. The first-order valence-electron chi connectivity index (χ1n) is 5.17. The average Bonchev–Trinajstić information content (AvgIpc) is 2.26. The van der Waals surface area contributed by atoms with Crippen LogP contribution in [0.15, 0.2) is 24.3 Å². The van der Waals surface area contributed by atoms with E-state index in [1.165, 1.54) is 5.56 Å². The van der Waals surface area contributed by atoms with E-state index < -0.39 is 12.0 Å². The van der Waals surface area contributed by atoms with E-state index in [-0.39, 0.29) is 0 Å². The van der Waals surface area contributed by atoms with Crippen LogP contribution in [0.2, 0.25) is 0 Å². The van der Waals surface area contributed by atoms with Gasteiger partial charge in [-0.2, -0.15) is 0 Å². The van der Waals surface area contributed by atoms with Crippen molar-refractivity contribution in [3.8, 4) is 0 Å². The minimum atomic E-state index is -0.819. The molecule has 0 spiro atoms. The first-order chi connectivity index (χ1) is 7.13. The van der Waals surface area contributed by atoms with Crippen LogP contribution in [-0.2, 0) is 17.8 Å². The molecule has 0 bridgehead atoms. The van der Waals surface area contributed by atoms with Crippen molar-refractivity contribution in [2.24, 2.45) is 0 Å². The van der Waals surface area contributed by atoms with E-state index in [1.54, 1.807) is 6.92 Å². The Morgan fingerprint density at radius 3 is 2.33 bits per heavy atom. The van der Waals surface area contributed by atoms with Crippen LogP contribution in [-0.4, -0.2) is 17.1 Å². The topological polar surface area (TPSA) is 49.3 Å². The molecule has 0 aliphatic heterocycles. The molecule has 0 aliphatic carbocycles. The summed E-state index contributed by atoms with van der Waals surface area (Å²) in [5, 5.41) is 11.6. The number of aryl methyl sites for hydroxylation is 1. The van der Waals surface area contributed by atoms with Crippen LogP contribution in [0.4, 0.5) is 0 Å². The second-order valence-electron chi connectivity index (χ2n) is 3.61. The monoisotopic (exact) mass is 207 g/mol. The molecule has 1 atom stereocenters. The van der Waals surface area contributed by atoms with Crippen LogP contribution in [0.1, 0.15) is 25.0 Å². The van der Waals surface area contributed by atoms with Crippen molar-refractivity contribution in [1.82, 2.24) is 5.32 Å². The Labute approximate surface area is 90.1 Å². The Morgan fingerprint density at radius 1 is 1.33 bits per heavy atom. The molecule has 0 radical (unpaired) electrons. The molecule has 0 aromatic heterocycles. The minimum Gasteiger partial charge on any atom is -0.480 e. The Kier molecular flexibility index (Phi) is 4.31. The first kappa shape index (κ1) is 11.7. The molecule has 1 rings (SSSR count). The van der Waals surface area contributed by atoms with E-state index in [2.05, 4.69) is 24.4 Å². The molecule has 0 heterocycles. The maximum Gasteiger partial charge on any atom is 0.320 e.